The third-order valence-corrected chi connectivity index (χ3v) is 3.71. The monoisotopic (exact) mass is 265 g/mol. The Kier molecular flexibility index (Phi) is 6.92. The van der Waals surface area contributed by atoms with Crippen molar-refractivity contribution in [2.45, 2.75) is 58.4 Å². The molecule has 4 heteroatoms. The maximum atomic E-state index is 5.32. The molecular weight excluding hydrogens is 242 g/mol. The van der Waals surface area contributed by atoms with E-state index in [-0.39, 0.29) is 0 Å². The molecule has 1 N–H and O–H groups in total. The fourth-order valence-electron chi connectivity index (χ4n) is 1.90. The normalized spacial score (nSPS) is 12.6. The first-order valence-corrected chi connectivity index (χ1v) is 7.47. The van der Waals surface area contributed by atoms with E-state index in [1.807, 2.05) is 0 Å². The molecule has 0 spiro atoms. The quantitative estimate of drug-likeness (QED) is 0.577. The van der Waals surface area contributed by atoms with Crippen molar-refractivity contribution in [2.24, 2.45) is 0 Å². The van der Waals surface area contributed by atoms with Crippen LogP contribution >= 0.6 is 11.5 Å². The maximum Gasteiger partial charge on any atom is 0.0829 e. The van der Waals surface area contributed by atoms with E-state index in [1.165, 1.54) is 16.4 Å². The van der Waals surface area contributed by atoms with E-state index < -0.39 is 0 Å². The highest BCUT2D eigenvalue weighted by atomic mass is 32.1. The van der Waals surface area contributed by atoms with E-state index in [2.05, 4.69) is 41.6 Å². The molecule has 0 aliphatic carbocycles. The molecule has 0 saturated carbocycles. The first-order valence-electron chi connectivity index (χ1n) is 6.69. The largest absolute Gasteiger partial charge is 0.309 e. The van der Waals surface area contributed by atoms with Crippen molar-refractivity contribution in [3.05, 3.63) is 10.6 Å². The average Bonchev–Trinajstić information content (AvgIpc) is 2.82. The van der Waals surface area contributed by atoms with E-state index in [0.29, 0.717) is 12.0 Å². The van der Waals surface area contributed by atoms with Crippen LogP contribution in [0.15, 0.2) is 0 Å². The molecule has 0 radical (unpaired) electrons. The van der Waals surface area contributed by atoms with Gasteiger partial charge in [0.2, 0.25) is 0 Å². The minimum atomic E-state index is 0.357. The molecule has 0 fully saturated rings. The minimum absolute atomic E-state index is 0.357. The van der Waals surface area contributed by atoms with Gasteiger partial charge in [-0.15, -0.1) is 17.4 Å². The van der Waals surface area contributed by atoms with E-state index in [4.69, 9.17) is 6.42 Å². The van der Waals surface area contributed by atoms with Crippen LogP contribution < -0.4 is 5.32 Å². The highest BCUT2D eigenvalue weighted by molar-refractivity contribution is 7.05. The molecule has 100 valence electrons. The van der Waals surface area contributed by atoms with Crippen molar-refractivity contribution in [1.29, 1.82) is 0 Å². The molecule has 1 aromatic rings. The summed E-state index contributed by atoms with van der Waals surface area (Å²) in [5, 5.41) is 7.85. The van der Waals surface area contributed by atoms with Gasteiger partial charge in [0.15, 0.2) is 0 Å². The highest BCUT2D eigenvalue weighted by Crippen LogP contribution is 2.29. The molecule has 1 unspecified atom stereocenters. The van der Waals surface area contributed by atoms with Gasteiger partial charge in [-0.2, -0.15) is 0 Å². The molecule has 1 rings (SSSR count). The van der Waals surface area contributed by atoms with Gasteiger partial charge in [0.05, 0.1) is 10.6 Å². The fraction of sp³-hybridized carbons (Fsp3) is 0.714. The summed E-state index contributed by atoms with van der Waals surface area (Å²) in [6, 6.07) is 0.357. The molecule has 1 atom stereocenters. The number of unbranched alkanes of at least 4 members (excludes halogenated alkanes) is 1. The van der Waals surface area contributed by atoms with E-state index in [9.17, 15) is 0 Å². The zero-order valence-corrected chi connectivity index (χ0v) is 12.4. The van der Waals surface area contributed by atoms with Gasteiger partial charge in [0, 0.05) is 12.5 Å². The maximum absolute atomic E-state index is 5.32. The van der Waals surface area contributed by atoms with Crippen LogP contribution in [-0.4, -0.2) is 16.1 Å². The predicted octanol–water partition coefficient (Wildman–Crippen LogP) is 3.51. The minimum Gasteiger partial charge on any atom is -0.309 e. The van der Waals surface area contributed by atoms with Crippen molar-refractivity contribution in [1.82, 2.24) is 14.9 Å². The standard InChI is InChI=1S/C14H23N3S/c1-5-7-8-9-12(15-10-6-2)14-13(11(3)4)16-17-18-14/h1,11-12,15H,6-10H2,2-4H3. The van der Waals surface area contributed by atoms with Crippen LogP contribution in [0.2, 0.25) is 0 Å². The zero-order valence-electron chi connectivity index (χ0n) is 11.6. The van der Waals surface area contributed by atoms with Gasteiger partial charge >= 0.3 is 0 Å². The molecule has 0 aliphatic rings. The van der Waals surface area contributed by atoms with E-state index >= 15 is 0 Å². The summed E-state index contributed by atoms with van der Waals surface area (Å²) in [6.07, 6.45) is 9.41. The first kappa shape index (κ1) is 15.1. The Hall–Kier alpha value is -0.920. The Balaban J connectivity index is 2.73. The smallest absolute Gasteiger partial charge is 0.0829 e. The summed E-state index contributed by atoms with van der Waals surface area (Å²) in [5.41, 5.74) is 1.13. The lowest BCUT2D eigenvalue weighted by Gasteiger charge is -2.18. The molecule has 0 bridgehead atoms. The molecule has 0 saturated heterocycles. The van der Waals surface area contributed by atoms with Crippen LogP contribution in [0.5, 0.6) is 0 Å². The summed E-state index contributed by atoms with van der Waals surface area (Å²) in [4.78, 5) is 1.29. The van der Waals surface area contributed by atoms with Crippen molar-refractivity contribution < 1.29 is 0 Å². The number of aromatic nitrogens is 2. The average molecular weight is 265 g/mol. The van der Waals surface area contributed by atoms with Gasteiger partial charge in [0.25, 0.3) is 0 Å². The number of rotatable bonds is 8. The summed E-state index contributed by atoms with van der Waals surface area (Å²) in [6.45, 7) is 7.53. The summed E-state index contributed by atoms with van der Waals surface area (Å²) in [7, 11) is 0. The topological polar surface area (TPSA) is 37.8 Å². The van der Waals surface area contributed by atoms with Gasteiger partial charge in [-0.3, -0.25) is 0 Å². The third kappa shape index (κ3) is 4.40. The van der Waals surface area contributed by atoms with Crippen LogP contribution in [0.1, 0.15) is 69.0 Å². The second-order valence-electron chi connectivity index (χ2n) is 4.78. The van der Waals surface area contributed by atoms with Gasteiger partial charge in [-0.05, 0) is 43.3 Å². The fourth-order valence-corrected chi connectivity index (χ4v) is 2.81. The number of hydrogen-bond acceptors (Lipinski definition) is 4. The van der Waals surface area contributed by atoms with Crippen LogP contribution in [0.4, 0.5) is 0 Å². The summed E-state index contributed by atoms with van der Waals surface area (Å²) in [5.74, 6) is 3.13. The van der Waals surface area contributed by atoms with Crippen molar-refractivity contribution >= 4 is 11.5 Å². The molecule has 1 aromatic heterocycles. The van der Waals surface area contributed by atoms with Crippen LogP contribution in [0.25, 0.3) is 0 Å². The number of nitrogens with one attached hydrogen (secondary N) is 1. The second-order valence-corrected chi connectivity index (χ2v) is 5.57. The molecule has 0 amide bonds. The lowest BCUT2D eigenvalue weighted by atomic mass is 10.0. The number of terminal acetylenes is 1. The van der Waals surface area contributed by atoms with Crippen LogP contribution in [-0.2, 0) is 0 Å². The number of hydrogen-bond donors (Lipinski definition) is 1. The van der Waals surface area contributed by atoms with Gasteiger partial charge in [-0.1, -0.05) is 25.3 Å². The molecule has 1 heterocycles. The summed E-state index contributed by atoms with van der Waals surface area (Å²) < 4.78 is 4.11. The lowest BCUT2D eigenvalue weighted by molar-refractivity contribution is 0.488. The van der Waals surface area contributed by atoms with Crippen LogP contribution in [0.3, 0.4) is 0 Å². The zero-order chi connectivity index (χ0) is 13.4. The molecule has 18 heavy (non-hydrogen) atoms. The van der Waals surface area contributed by atoms with Crippen molar-refractivity contribution in [3.63, 3.8) is 0 Å². The summed E-state index contributed by atoms with van der Waals surface area (Å²) >= 11 is 1.52. The Morgan fingerprint density at radius 1 is 1.44 bits per heavy atom. The molecular formula is C14H23N3S. The first-order chi connectivity index (χ1) is 8.70. The van der Waals surface area contributed by atoms with Crippen LogP contribution in [0, 0.1) is 12.3 Å². The highest BCUT2D eigenvalue weighted by Gasteiger charge is 2.20. The van der Waals surface area contributed by atoms with E-state index in [0.717, 1.165) is 37.9 Å². The van der Waals surface area contributed by atoms with Crippen molar-refractivity contribution in [2.75, 3.05) is 6.54 Å². The Bertz CT molecular complexity index is 379. The third-order valence-electron chi connectivity index (χ3n) is 2.86. The molecule has 0 aromatic carbocycles. The molecule has 0 aliphatic heterocycles. The van der Waals surface area contributed by atoms with Gasteiger partial charge in [0.1, 0.15) is 0 Å². The lowest BCUT2D eigenvalue weighted by Crippen LogP contribution is -2.22. The predicted molar refractivity (Wildman–Crippen MR) is 77.7 cm³/mol. The number of nitrogens with zero attached hydrogens (tertiary/aromatic N) is 2. The Morgan fingerprint density at radius 2 is 2.22 bits per heavy atom. The van der Waals surface area contributed by atoms with E-state index in [1.54, 1.807) is 0 Å². The van der Waals surface area contributed by atoms with Gasteiger partial charge < -0.3 is 5.32 Å². The Labute approximate surface area is 115 Å². The Morgan fingerprint density at radius 3 is 2.83 bits per heavy atom. The van der Waals surface area contributed by atoms with Crippen molar-refractivity contribution in [3.8, 4) is 12.3 Å². The van der Waals surface area contributed by atoms with Gasteiger partial charge in [-0.25, -0.2) is 0 Å². The molecule has 3 nitrogen and oxygen atoms in total. The SMILES string of the molecule is C#CCCCC(NCCC)c1snnc1C(C)C. The second kappa shape index (κ2) is 8.23.